The van der Waals surface area contributed by atoms with Crippen LogP contribution in [0.1, 0.15) is 13.3 Å². The van der Waals surface area contributed by atoms with Crippen LogP contribution in [0.25, 0.3) is 0 Å². The van der Waals surface area contributed by atoms with Gasteiger partial charge in [-0.2, -0.15) is 0 Å². The topological polar surface area (TPSA) is 58.2 Å². The largest absolute Gasteiger partial charge is 0.359 e. The predicted octanol–water partition coefficient (Wildman–Crippen LogP) is 3.60. The van der Waals surface area contributed by atoms with E-state index >= 15 is 0 Å². The van der Waals surface area contributed by atoms with E-state index in [0.717, 1.165) is 5.69 Å². The minimum atomic E-state index is -0.319. The summed E-state index contributed by atoms with van der Waals surface area (Å²) in [7, 11) is 0. The maximum Gasteiger partial charge on any atom is 0.232 e. The number of hydrogen-bond acceptors (Lipinski definition) is 3. The van der Waals surface area contributed by atoms with E-state index < -0.39 is 0 Å². The average molecular weight is 294 g/mol. The summed E-state index contributed by atoms with van der Waals surface area (Å²) in [5.41, 5.74) is 2.28. The molecule has 4 heteroatoms. The normalized spacial score (nSPS) is 10.9. The number of anilines is 2. The molecule has 2 aromatic rings. The zero-order valence-electron chi connectivity index (χ0n) is 12.4. The van der Waals surface area contributed by atoms with Gasteiger partial charge in [0.2, 0.25) is 5.91 Å². The Kier molecular flexibility index (Phi) is 5.49. The van der Waals surface area contributed by atoms with E-state index in [2.05, 4.69) is 10.6 Å². The molecule has 0 spiro atoms. The molecule has 4 nitrogen and oxygen atoms in total. The van der Waals surface area contributed by atoms with Gasteiger partial charge in [0.25, 0.3) is 0 Å². The lowest BCUT2D eigenvalue weighted by Crippen LogP contribution is -2.15. The molecule has 1 amide bonds. The van der Waals surface area contributed by atoms with Crippen LogP contribution in [0, 0.1) is 0 Å². The second-order valence-corrected chi connectivity index (χ2v) is 4.88. The van der Waals surface area contributed by atoms with Crippen molar-refractivity contribution in [2.45, 2.75) is 13.3 Å². The first-order valence-corrected chi connectivity index (χ1v) is 7.01. The average Bonchev–Trinajstić information content (AvgIpc) is 2.48. The number of carbonyl (C=O) groups is 2. The molecule has 0 saturated heterocycles. The second-order valence-electron chi connectivity index (χ2n) is 4.88. The molecule has 0 aromatic heterocycles. The molecule has 0 saturated carbocycles. The fourth-order valence-corrected chi connectivity index (χ4v) is 1.96. The predicted molar refractivity (Wildman–Crippen MR) is 88.5 cm³/mol. The second kappa shape index (κ2) is 7.78. The zero-order chi connectivity index (χ0) is 15.8. The van der Waals surface area contributed by atoms with E-state index in [4.69, 9.17) is 0 Å². The summed E-state index contributed by atoms with van der Waals surface area (Å²) in [4.78, 5) is 23.6. The molecule has 22 heavy (non-hydrogen) atoms. The summed E-state index contributed by atoms with van der Waals surface area (Å²) in [5, 5.41) is 5.79. The van der Waals surface area contributed by atoms with E-state index in [-0.39, 0.29) is 18.1 Å². The Labute approximate surface area is 129 Å². The van der Waals surface area contributed by atoms with Crippen molar-refractivity contribution < 1.29 is 9.59 Å². The van der Waals surface area contributed by atoms with Crippen molar-refractivity contribution in [3.05, 3.63) is 72.4 Å². The maximum absolute atomic E-state index is 11.9. The molecule has 0 aliphatic rings. The summed E-state index contributed by atoms with van der Waals surface area (Å²) in [5.74, 6) is -0.561. The van der Waals surface area contributed by atoms with E-state index in [0.29, 0.717) is 11.4 Å². The molecule has 2 rings (SSSR count). The third-order valence-electron chi connectivity index (χ3n) is 2.89. The Hall–Kier alpha value is -2.88. The molecular weight excluding hydrogens is 276 g/mol. The Balaban J connectivity index is 1.86. The van der Waals surface area contributed by atoms with Gasteiger partial charge in [0.05, 0.1) is 6.42 Å². The van der Waals surface area contributed by atoms with E-state index in [9.17, 15) is 9.59 Å². The van der Waals surface area contributed by atoms with Crippen LogP contribution in [0.4, 0.5) is 11.4 Å². The van der Waals surface area contributed by atoms with Gasteiger partial charge in [-0.15, -0.1) is 0 Å². The molecule has 0 unspecified atom stereocenters. The fraction of sp³-hybridized carbons (Fsp3) is 0.111. The van der Waals surface area contributed by atoms with Gasteiger partial charge in [-0.25, -0.2) is 0 Å². The fourth-order valence-electron chi connectivity index (χ4n) is 1.96. The first kappa shape index (κ1) is 15.5. The molecule has 0 aliphatic heterocycles. The SMILES string of the molecule is CC(=CC(=O)CC(=O)Nc1ccccc1)Nc1ccccc1. The standard InChI is InChI=1S/C18H18N2O2/c1-14(19-15-8-4-2-5-9-15)12-17(21)13-18(22)20-16-10-6-3-7-11-16/h2-12,19H,13H2,1H3,(H,20,22). The van der Waals surface area contributed by atoms with Gasteiger partial charge in [-0.3, -0.25) is 9.59 Å². The number of benzene rings is 2. The van der Waals surface area contributed by atoms with Crippen molar-refractivity contribution in [3.63, 3.8) is 0 Å². The lowest BCUT2D eigenvalue weighted by atomic mass is 10.2. The Morgan fingerprint density at radius 1 is 0.864 bits per heavy atom. The van der Waals surface area contributed by atoms with Crippen molar-refractivity contribution in [3.8, 4) is 0 Å². The molecule has 0 radical (unpaired) electrons. The molecule has 0 heterocycles. The number of para-hydroxylation sites is 2. The van der Waals surface area contributed by atoms with Crippen molar-refractivity contribution >= 4 is 23.1 Å². The minimum Gasteiger partial charge on any atom is -0.359 e. The van der Waals surface area contributed by atoms with Gasteiger partial charge < -0.3 is 10.6 Å². The molecule has 0 bridgehead atoms. The van der Waals surface area contributed by atoms with E-state index in [1.807, 2.05) is 48.5 Å². The molecule has 2 N–H and O–H groups in total. The van der Waals surface area contributed by atoms with Crippen molar-refractivity contribution in [1.29, 1.82) is 0 Å². The van der Waals surface area contributed by atoms with Crippen LogP contribution in [0.3, 0.4) is 0 Å². The van der Waals surface area contributed by atoms with Crippen molar-refractivity contribution in [2.24, 2.45) is 0 Å². The zero-order valence-corrected chi connectivity index (χ0v) is 12.4. The number of rotatable bonds is 6. The van der Waals surface area contributed by atoms with Gasteiger partial charge >= 0.3 is 0 Å². The molecule has 0 fully saturated rings. The third-order valence-corrected chi connectivity index (χ3v) is 2.89. The highest BCUT2D eigenvalue weighted by Gasteiger charge is 2.08. The molecule has 2 aromatic carbocycles. The van der Waals surface area contributed by atoms with Crippen LogP contribution < -0.4 is 10.6 Å². The van der Waals surface area contributed by atoms with Gasteiger partial charge in [-0.1, -0.05) is 36.4 Å². The van der Waals surface area contributed by atoms with Crippen LogP contribution in [-0.4, -0.2) is 11.7 Å². The van der Waals surface area contributed by atoms with Crippen molar-refractivity contribution in [2.75, 3.05) is 10.6 Å². The minimum absolute atomic E-state index is 0.178. The van der Waals surface area contributed by atoms with Crippen LogP contribution in [-0.2, 0) is 9.59 Å². The number of nitrogens with one attached hydrogen (secondary N) is 2. The number of carbonyl (C=O) groups excluding carboxylic acids is 2. The summed E-state index contributed by atoms with van der Waals surface area (Å²) in [6.07, 6.45) is 1.26. The summed E-state index contributed by atoms with van der Waals surface area (Å²) < 4.78 is 0. The van der Waals surface area contributed by atoms with Gasteiger partial charge in [0.1, 0.15) is 0 Å². The summed E-state index contributed by atoms with van der Waals surface area (Å²) in [6, 6.07) is 18.6. The van der Waals surface area contributed by atoms with Gasteiger partial charge in [-0.05, 0) is 31.2 Å². The highest BCUT2D eigenvalue weighted by Crippen LogP contribution is 2.09. The maximum atomic E-state index is 11.9. The molecule has 0 atom stereocenters. The number of ketones is 1. The molecule has 112 valence electrons. The van der Waals surface area contributed by atoms with Crippen LogP contribution in [0.2, 0.25) is 0 Å². The third kappa shape index (κ3) is 5.25. The highest BCUT2D eigenvalue weighted by atomic mass is 16.2. The summed E-state index contributed by atoms with van der Waals surface area (Å²) >= 11 is 0. The number of hydrogen-bond donors (Lipinski definition) is 2. The number of allylic oxidation sites excluding steroid dienone is 2. The lowest BCUT2D eigenvalue weighted by molar-refractivity contribution is -0.122. The van der Waals surface area contributed by atoms with E-state index in [1.54, 1.807) is 19.1 Å². The molecular formula is C18H18N2O2. The Morgan fingerprint density at radius 3 is 1.91 bits per heavy atom. The smallest absolute Gasteiger partial charge is 0.232 e. The van der Waals surface area contributed by atoms with Crippen LogP contribution in [0.5, 0.6) is 0 Å². The quantitative estimate of drug-likeness (QED) is 0.632. The summed E-state index contributed by atoms with van der Waals surface area (Å²) in [6.45, 7) is 1.79. The Bertz CT molecular complexity index is 664. The number of amides is 1. The first-order chi connectivity index (χ1) is 10.6. The lowest BCUT2D eigenvalue weighted by Gasteiger charge is -2.06. The monoisotopic (exact) mass is 294 g/mol. The van der Waals surface area contributed by atoms with Gasteiger partial charge in [0, 0.05) is 23.1 Å². The highest BCUT2D eigenvalue weighted by molar-refractivity contribution is 6.08. The van der Waals surface area contributed by atoms with Gasteiger partial charge in [0.15, 0.2) is 5.78 Å². The van der Waals surface area contributed by atoms with Crippen molar-refractivity contribution in [1.82, 2.24) is 0 Å². The van der Waals surface area contributed by atoms with Crippen LogP contribution in [0.15, 0.2) is 72.4 Å². The Morgan fingerprint density at radius 2 is 1.36 bits per heavy atom. The van der Waals surface area contributed by atoms with Crippen LogP contribution >= 0.6 is 0 Å². The first-order valence-electron chi connectivity index (χ1n) is 7.01. The molecule has 0 aliphatic carbocycles. The van der Waals surface area contributed by atoms with E-state index in [1.165, 1.54) is 6.08 Å².